The second-order valence-electron chi connectivity index (χ2n) is 10.4. The topological polar surface area (TPSA) is 114 Å². The molecule has 2 N–H and O–H groups in total. The maximum atomic E-state index is 14.4. The van der Waals surface area contributed by atoms with Crippen LogP contribution in [0.5, 0.6) is 0 Å². The zero-order valence-electron chi connectivity index (χ0n) is 22.1. The van der Waals surface area contributed by atoms with E-state index in [9.17, 15) is 18.8 Å². The van der Waals surface area contributed by atoms with Crippen LogP contribution < -0.4 is 10.6 Å². The number of fused-ring (bicyclic) bond motifs is 1. The van der Waals surface area contributed by atoms with E-state index < -0.39 is 12.2 Å². The molecule has 206 valence electrons. The van der Waals surface area contributed by atoms with Gasteiger partial charge < -0.3 is 24.7 Å². The van der Waals surface area contributed by atoms with Gasteiger partial charge in [-0.15, -0.1) is 0 Å². The smallest absolute Gasteiger partial charge is 0.308 e. The van der Waals surface area contributed by atoms with E-state index in [0.717, 1.165) is 11.3 Å². The van der Waals surface area contributed by atoms with Crippen molar-refractivity contribution in [1.82, 2.24) is 15.2 Å². The van der Waals surface area contributed by atoms with Gasteiger partial charge in [-0.3, -0.25) is 14.4 Å². The van der Waals surface area contributed by atoms with Gasteiger partial charge in [-0.05, 0) is 61.9 Å². The van der Waals surface area contributed by atoms with E-state index in [1.165, 1.54) is 12.0 Å². The van der Waals surface area contributed by atoms with Crippen LogP contribution in [0, 0.1) is 12.8 Å². The number of aryl methyl sites for hydroxylation is 1. The highest BCUT2D eigenvalue weighted by atomic mass is 19.1. The van der Waals surface area contributed by atoms with Crippen molar-refractivity contribution >= 4 is 40.6 Å². The lowest BCUT2D eigenvalue weighted by atomic mass is 9.86. The minimum Gasteiger partial charge on any atom is -0.469 e. The van der Waals surface area contributed by atoms with Crippen LogP contribution in [0.3, 0.4) is 0 Å². The average molecular weight is 537 g/mol. The summed E-state index contributed by atoms with van der Waals surface area (Å²) in [4.78, 5) is 43.8. The van der Waals surface area contributed by atoms with Gasteiger partial charge in [-0.25, -0.2) is 4.39 Å². The Kier molecular flexibility index (Phi) is 7.81. The number of hydrogen-bond acceptors (Lipinski definition) is 7. The highest BCUT2D eigenvalue weighted by Gasteiger charge is 2.40. The molecule has 1 aromatic heterocycles. The Bertz CT molecular complexity index is 1370. The molecule has 1 aliphatic carbocycles. The quantitative estimate of drug-likeness (QED) is 0.435. The summed E-state index contributed by atoms with van der Waals surface area (Å²) < 4.78 is 25.1. The van der Waals surface area contributed by atoms with Gasteiger partial charge in [0.25, 0.3) is 6.01 Å². The first kappa shape index (κ1) is 26.6. The first-order chi connectivity index (χ1) is 18.8. The fraction of sp³-hybridized carbons (Fsp3) is 0.448. The van der Waals surface area contributed by atoms with Crippen LogP contribution in [-0.4, -0.2) is 59.6 Å². The molecule has 2 aliphatic rings. The second kappa shape index (κ2) is 11.4. The molecule has 10 heteroatoms. The van der Waals surface area contributed by atoms with Crippen molar-refractivity contribution in [3.63, 3.8) is 0 Å². The van der Waals surface area contributed by atoms with E-state index >= 15 is 0 Å². The molecule has 9 nitrogen and oxygen atoms in total. The molecule has 0 spiro atoms. The third-order valence-corrected chi connectivity index (χ3v) is 7.68. The Hall–Kier alpha value is -3.95. The number of rotatable bonds is 7. The summed E-state index contributed by atoms with van der Waals surface area (Å²) in [6.45, 7) is 1.87. The number of alkyl halides is 1. The number of amides is 2. The lowest BCUT2D eigenvalue weighted by Gasteiger charge is -2.30. The SMILES string of the molecule is COC(=O)C1CCC(NC(=O)[C@@H]2C[C@H](F)CN2C(=O)Cc2ccc3nc(Nc4ccccc4C)oc3c2)CC1. The van der Waals surface area contributed by atoms with Gasteiger partial charge in [0.15, 0.2) is 5.58 Å². The summed E-state index contributed by atoms with van der Waals surface area (Å²) in [6.07, 6.45) is 1.27. The summed E-state index contributed by atoms with van der Waals surface area (Å²) in [7, 11) is 1.38. The van der Waals surface area contributed by atoms with Crippen LogP contribution in [0.2, 0.25) is 0 Å². The summed E-state index contributed by atoms with van der Waals surface area (Å²) in [5.41, 5.74) is 3.79. The van der Waals surface area contributed by atoms with Crippen molar-refractivity contribution in [3.8, 4) is 0 Å². The van der Waals surface area contributed by atoms with E-state index in [0.29, 0.717) is 48.4 Å². The maximum Gasteiger partial charge on any atom is 0.308 e. The summed E-state index contributed by atoms with van der Waals surface area (Å²) in [5, 5.41) is 6.15. The van der Waals surface area contributed by atoms with Gasteiger partial charge in [-0.1, -0.05) is 24.3 Å². The highest BCUT2D eigenvalue weighted by molar-refractivity contribution is 5.90. The van der Waals surface area contributed by atoms with Crippen molar-refractivity contribution in [2.45, 2.75) is 63.7 Å². The molecule has 1 saturated carbocycles. The molecule has 0 unspecified atom stereocenters. The molecule has 1 saturated heterocycles. The first-order valence-electron chi connectivity index (χ1n) is 13.3. The third kappa shape index (κ3) is 6.05. The van der Waals surface area contributed by atoms with Crippen molar-refractivity contribution in [2.24, 2.45) is 5.92 Å². The Morgan fingerprint density at radius 1 is 1.13 bits per heavy atom. The molecular formula is C29H33FN4O5. The lowest BCUT2D eigenvalue weighted by Crippen LogP contribution is -2.50. The molecule has 3 aromatic rings. The summed E-state index contributed by atoms with van der Waals surface area (Å²) >= 11 is 0. The van der Waals surface area contributed by atoms with E-state index in [2.05, 4.69) is 15.6 Å². The fourth-order valence-corrected chi connectivity index (χ4v) is 5.48. The molecule has 2 aromatic carbocycles. The zero-order chi connectivity index (χ0) is 27.5. The number of methoxy groups -OCH3 is 1. The number of nitrogens with one attached hydrogen (secondary N) is 2. The minimum absolute atomic E-state index is 0.0118. The largest absolute Gasteiger partial charge is 0.469 e. The number of hydrogen-bond donors (Lipinski definition) is 2. The normalized spacial score (nSPS) is 23.0. The second-order valence-corrected chi connectivity index (χ2v) is 10.4. The van der Waals surface area contributed by atoms with Crippen LogP contribution in [0.25, 0.3) is 11.1 Å². The molecule has 0 bridgehead atoms. The van der Waals surface area contributed by atoms with Crippen LogP contribution in [-0.2, 0) is 25.5 Å². The van der Waals surface area contributed by atoms with Crippen LogP contribution in [0.15, 0.2) is 46.9 Å². The van der Waals surface area contributed by atoms with Crippen molar-refractivity contribution in [2.75, 3.05) is 19.0 Å². The summed E-state index contributed by atoms with van der Waals surface area (Å²) in [5.74, 6) is -1.04. The first-order valence-corrected chi connectivity index (χ1v) is 13.3. The van der Waals surface area contributed by atoms with E-state index in [-0.39, 0.29) is 49.1 Å². The highest BCUT2D eigenvalue weighted by Crippen LogP contribution is 2.28. The summed E-state index contributed by atoms with van der Waals surface area (Å²) in [6, 6.07) is 12.5. The number of anilines is 2. The molecule has 2 atom stereocenters. The molecule has 5 rings (SSSR count). The number of para-hydroxylation sites is 1. The lowest BCUT2D eigenvalue weighted by molar-refractivity contribution is -0.146. The van der Waals surface area contributed by atoms with Crippen molar-refractivity contribution < 1.29 is 27.9 Å². The zero-order valence-corrected chi connectivity index (χ0v) is 22.1. The number of carbonyl (C=O) groups is 3. The van der Waals surface area contributed by atoms with E-state index in [4.69, 9.17) is 9.15 Å². The third-order valence-electron chi connectivity index (χ3n) is 7.68. The Morgan fingerprint density at radius 3 is 2.64 bits per heavy atom. The van der Waals surface area contributed by atoms with Gasteiger partial charge in [0, 0.05) is 18.2 Å². The molecule has 0 radical (unpaired) electrons. The Balaban J connectivity index is 1.21. The standard InChI is InChI=1S/C29H33FN4O5/c1-17-5-3-4-6-22(17)32-29-33-23-12-7-18(13-25(23)39-29)14-26(35)34-16-20(30)15-24(34)27(36)31-21-10-8-19(9-11-21)28(37)38-2/h3-7,12-13,19-21,24H,8-11,14-16H2,1-2H3,(H,31,36)(H,32,33)/t19?,20-,21?,24-/m0/s1. The Morgan fingerprint density at radius 2 is 1.90 bits per heavy atom. The van der Waals surface area contributed by atoms with Crippen LogP contribution in [0.4, 0.5) is 16.1 Å². The fourth-order valence-electron chi connectivity index (χ4n) is 5.48. The molecule has 39 heavy (non-hydrogen) atoms. The number of esters is 1. The molecule has 2 fully saturated rings. The minimum atomic E-state index is -1.26. The molecule has 2 heterocycles. The molecule has 2 amide bonds. The average Bonchev–Trinajstić information content (AvgIpc) is 3.52. The van der Waals surface area contributed by atoms with Gasteiger partial charge in [-0.2, -0.15) is 4.98 Å². The predicted octanol–water partition coefficient (Wildman–Crippen LogP) is 4.21. The Labute approximate surface area is 226 Å². The van der Waals surface area contributed by atoms with Crippen molar-refractivity contribution in [1.29, 1.82) is 0 Å². The number of ether oxygens (including phenoxy) is 1. The number of halogens is 1. The number of benzene rings is 2. The number of likely N-dealkylation sites (tertiary alicyclic amines) is 1. The molecular weight excluding hydrogens is 503 g/mol. The van der Waals surface area contributed by atoms with E-state index in [1.54, 1.807) is 18.2 Å². The van der Waals surface area contributed by atoms with Gasteiger partial charge >= 0.3 is 5.97 Å². The van der Waals surface area contributed by atoms with Crippen LogP contribution in [0.1, 0.15) is 43.2 Å². The monoisotopic (exact) mass is 536 g/mol. The van der Waals surface area contributed by atoms with Gasteiger partial charge in [0.2, 0.25) is 11.8 Å². The van der Waals surface area contributed by atoms with E-state index in [1.807, 2.05) is 31.2 Å². The maximum absolute atomic E-state index is 14.4. The number of nitrogens with zero attached hydrogens (tertiary/aromatic N) is 2. The van der Waals surface area contributed by atoms with Gasteiger partial charge in [0.1, 0.15) is 17.7 Å². The number of oxazole rings is 1. The van der Waals surface area contributed by atoms with Crippen LogP contribution >= 0.6 is 0 Å². The predicted molar refractivity (Wildman–Crippen MR) is 143 cm³/mol. The van der Waals surface area contributed by atoms with Gasteiger partial charge in [0.05, 0.1) is 26.0 Å². The van der Waals surface area contributed by atoms with Crippen molar-refractivity contribution in [3.05, 3.63) is 53.6 Å². The number of carbonyl (C=O) groups excluding carboxylic acids is 3. The number of aromatic nitrogens is 1. The molecule has 1 aliphatic heterocycles.